The second kappa shape index (κ2) is 4.32. The van der Waals surface area contributed by atoms with E-state index in [1.807, 2.05) is 19.9 Å². The van der Waals surface area contributed by atoms with Crippen LogP contribution in [0.5, 0.6) is 0 Å². The van der Waals surface area contributed by atoms with Crippen molar-refractivity contribution in [2.75, 3.05) is 0 Å². The fourth-order valence-electron chi connectivity index (χ4n) is 0.371. The Bertz CT molecular complexity index is 125. The van der Waals surface area contributed by atoms with Crippen LogP contribution in [0.2, 0.25) is 0 Å². The van der Waals surface area contributed by atoms with Crippen LogP contribution in [-0.4, -0.2) is 16.5 Å². The van der Waals surface area contributed by atoms with Crippen LogP contribution in [0.25, 0.3) is 0 Å². The van der Waals surface area contributed by atoms with Crippen molar-refractivity contribution in [1.29, 1.82) is 0 Å². The van der Waals surface area contributed by atoms with Gasteiger partial charge in [0.2, 0.25) is 10.5 Å². The zero-order chi connectivity index (χ0) is 7.28. The molecule has 0 saturated heterocycles. The molecule has 0 aliphatic carbocycles. The molecule has 0 unspecified atom stereocenters. The van der Waals surface area contributed by atoms with Gasteiger partial charge in [-0.2, -0.15) is 0 Å². The lowest BCUT2D eigenvalue weighted by Crippen LogP contribution is -1.98. The summed E-state index contributed by atoms with van der Waals surface area (Å²) in [5.74, 6) is -0.122. The second-order valence-electron chi connectivity index (χ2n) is 2.06. The predicted molar refractivity (Wildman–Crippen MR) is 40.1 cm³/mol. The molecule has 0 aliphatic rings. The zero-order valence-corrected chi connectivity index (χ0v) is 8.10. The molecule has 3 heteroatoms. The number of carbonyl (C=O) groups is 1. The molecule has 2 nitrogen and oxygen atoms in total. The van der Waals surface area contributed by atoms with Gasteiger partial charge in [0.25, 0.3) is 5.97 Å². The van der Waals surface area contributed by atoms with Crippen LogP contribution in [-0.2, 0) is 9.22 Å². The van der Waals surface area contributed by atoms with Crippen molar-refractivity contribution in [2.45, 2.75) is 20.3 Å². The minimum Gasteiger partial charge on any atom is -0.529 e. The van der Waals surface area contributed by atoms with Crippen LogP contribution in [0.4, 0.5) is 0 Å². The minimum atomic E-state index is -0.122. The van der Waals surface area contributed by atoms with E-state index in [2.05, 4.69) is 4.43 Å². The zero-order valence-electron chi connectivity index (χ0n) is 6.10. The Morgan fingerprint density at radius 2 is 2.22 bits per heavy atom. The summed E-state index contributed by atoms with van der Waals surface area (Å²) in [6, 6.07) is 0. The maximum atomic E-state index is 10.5. The predicted octanol–water partition coefficient (Wildman–Crippen LogP) is 0.166. The largest absolute Gasteiger partial charge is 0.529 e. The van der Waals surface area contributed by atoms with Crippen molar-refractivity contribution in [3.05, 3.63) is 11.6 Å². The first-order valence-electron chi connectivity index (χ1n) is 2.87. The maximum absolute atomic E-state index is 10.5. The van der Waals surface area contributed by atoms with Gasteiger partial charge in [0.15, 0.2) is 0 Å². The molecular formula is C6H12O2Si. The van der Waals surface area contributed by atoms with E-state index in [-0.39, 0.29) is 5.97 Å². The maximum Gasteiger partial charge on any atom is 0.295 e. The lowest BCUT2D eigenvalue weighted by molar-refractivity contribution is -0.133. The van der Waals surface area contributed by atoms with E-state index >= 15 is 0 Å². The average Bonchev–Trinajstić information content (AvgIpc) is 1.83. The highest BCUT2D eigenvalue weighted by Gasteiger charge is 1.92. The van der Waals surface area contributed by atoms with Crippen LogP contribution in [0, 0.1) is 0 Å². The summed E-state index contributed by atoms with van der Waals surface area (Å²) in [6.45, 7) is 3.92. The lowest BCUT2D eigenvalue weighted by Gasteiger charge is -1.93. The molecule has 0 fully saturated rings. The fraction of sp³-hybridized carbons (Fsp3) is 0.500. The number of hydrogen-bond acceptors (Lipinski definition) is 2. The summed E-state index contributed by atoms with van der Waals surface area (Å²) in [7, 11) is 0.504. The number of rotatable bonds is 2. The van der Waals surface area contributed by atoms with E-state index < -0.39 is 0 Å². The molecule has 0 heterocycles. The summed E-state index contributed by atoms with van der Waals surface area (Å²) in [6.07, 6.45) is 2.28. The quantitative estimate of drug-likeness (QED) is 0.408. The van der Waals surface area contributed by atoms with Crippen LogP contribution < -0.4 is 0 Å². The Kier molecular flexibility index (Phi) is 4.04. The van der Waals surface area contributed by atoms with Crippen LogP contribution >= 0.6 is 0 Å². The van der Waals surface area contributed by atoms with Crippen LogP contribution in [0.1, 0.15) is 20.3 Å². The van der Waals surface area contributed by atoms with Gasteiger partial charge in [0.05, 0.1) is 6.42 Å². The number of allylic oxidation sites excluding steroid dienone is 1. The molecule has 52 valence electrons. The Labute approximate surface area is 58.4 Å². The van der Waals surface area contributed by atoms with Gasteiger partial charge in [-0.3, -0.25) is 4.79 Å². The Hall–Kier alpha value is -0.573. The standard InChI is InChI=1S/C6H12O2Si/c1-5(2)3-4-6(7)8-9/h3H,4H2,1-2,9H3. The molecule has 0 aromatic carbocycles. The summed E-state index contributed by atoms with van der Waals surface area (Å²) in [5, 5.41) is 0. The average molecular weight is 144 g/mol. The van der Waals surface area contributed by atoms with Crippen molar-refractivity contribution in [3.8, 4) is 0 Å². The smallest absolute Gasteiger partial charge is 0.295 e. The van der Waals surface area contributed by atoms with Crippen molar-refractivity contribution >= 4 is 16.5 Å². The van der Waals surface area contributed by atoms with Gasteiger partial charge in [0.1, 0.15) is 0 Å². The topological polar surface area (TPSA) is 26.3 Å². The van der Waals surface area contributed by atoms with Gasteiger partial charge in [-0.05, 0) is 13.8 Å². The van der Waals surface area contributed by atoms with Crippen molar-refractivity contribution in [1.82, 2.24) is 0 Å². The molecule has 0 spiro atoms. The summed E-state index contributed by atoms with van der Waals surface area (Å²) in [5.41, 5.74) is 1.15. The van der Waals surface area contributed by atoms with Crippen molar-refractivity contribution in [2.24, 2.45) is 0 Å². The van der Waals surface area contributed by atoms with E-state index in [4.69, 9.17) is 0 Å². The molecule has 0 N–H and O–H groups in total. The van der Waals surface area contributed by atoms with Crippen LogP contribution in [0.3, 0.4) is 0 Å². The molecule has 0 aromatic heterocycles. The summed E-state index contributed by atoms with van der Waals surface area (Å²) >= 11 is 0. The van der Waals surface area contributed by atoms with Gasteiger partial charge in [-0.15, -0.1) is 0 Å². The summed E-state index contributed by atoms with van der Waals surface area (Å²) < 4.78 is 4.56. The van der Waals surface area contributed by atoms with Crippen molar-refractivity contribution in [3.63, 3.8) is 0 Å². The number of carbonyl (C=O) groups excluding carboxylic acids is 1. The lowest BCUT2D eigenvalue weighted by atomic mass is 10.3. The number of hydrogen-bond donors (Lipinski definition) is 0. The van der Waals surface area contributed by atoms with E-state index in [0.717, 1.165) is 5.57 Å². The Morgan fingerprint density at radius 1 is 1.67 bits per heavy atom. The van der Waals surface area contributed by atoms with E-state index in [1.165, 1.54) is 0 Å². The first kappa shape index (κ1) is 8.43. The molecule has 0 radical (unpaired) electrons. The Balaban J connectivity index is 3.50. The molecule has 0 amide bonds. The van der Waals surface area contributed by atoms with Gasteiger partial charge in [-0.25, -0.2) is 0 Å². The first-order valence-corrected chi connectivity index (χ1v) is 3.68. The van der Waals surface area contributed by atoms with Gasteiger partial charge >= 0.3 is 0 Å². The third kappa shape index (κ3) is 5.30. The third-order valence-electron chi connectivity index (χ3n) is 0.905. The second-order valence-corrected chi connectivity index (χ2v) is 2.47. The van der Waals surface area contributed by atoms with E-state index in [1.54, 1.807) is 0 Å². The van der Waals surface area contributed by atoms with E-state index in [9.17, 15) is 4.79 Å². The molecular weight excluding hydrogens is 132 g/mol. The Morgan fingerprint density at radius 3 is 2.56 bits per heavy atom. The molecule has 0 saturated carbocycles. The van der Waals surface area contributed by atoms with Gasteiger partial charge in [-0.1, -0.05) is 11.6 Å². The molecule has 0 aromatic rings. The highest BCUT2D eigenvalue weighted by molar-refractivity contribution is 6.05. The highest BCUT2D eigenvalue weighted by atomic mass is 28.2. The first-order chi connectivity index (χ1) is 4.16. The SMILES string of the molecule is CC(C)=CCC(=O)O[SiH3]. The fourth-order valence-corrected chi connectivity index (χ4v) is 0.537. The molecule has 9 heavy (non-hydrogen) atoms. The monoisotopic (exact) mass is 144 g/mol. The third-order valence-corrected chi connectivity index (χ3v) is 1.36. The van der Waals surface area contributed by atoms with Gasteiger partial charge < -0.3 is 4.43 Å². The molecule has 0 aliphatic heterocycles. The van der Waals surface area contributed by atoms with Crippen molar-refractivity contribution < 1.29 is 9.22 Å². The normalized spacial score (nSPS) is 8.67. The van der Waals surface area contributed by atoms with Gasteiger partial charge in [0, 0.05) is 0 Å². The molecule has 0 rings (SSSR count). The molecule has 0 bridgehead atoms. The van der Waals surface area contributed by atoms with E-state index in [0.29, 0.717) is 16.9 Å². The highest BCUT2D eigenvalue weighted by Crippen LogP contribution is 1.93. The minimum absolute atomic E-state index is 0.122. The molecule has 0 atom stereocenters. The summed E-state index contributed by atoms with van der Waals surface area (Å²) in [4.78, 5) is 10.5. The van der Waals surface area contributed by atoms with Crippen LogP contribution in [0.15, 0.2) is 11.6 Å².